The Hall–Kier alpha value is -1.58. The lowest BCUT2D eigenvalue weighted by Crippen LogP contribution is -2.21. The maximum absolute atomic E-state index is 11.5. The van der Waals surface area contributed by atoms with Gasteiger partial charge in [-0.25, -0.2) is 0 Å². The van der Waals surface area contributed by atoms with Crippen LogP contribution < -0.4 is 5.73 Å². The van der Waals surface area contributed by atoms with Crippen LogP contribution in [0.2, 0.25) is 0 Å². The van der Waals surface area contributed by atoms with Crippen molar-refractivity contribution in [2.24, 2.45) is 10.7 Å². The number of allylic oxidation sites excluding steroid dienone is 2. The van der Waals surface area contributed by atoms with Crippen LogP contribution in [0.1, 0.15) is 26.7 Å². The third kappa shape index (κ3) is 6.81. The van der Waals surface area contributed by atoms with E-state index in [1.54, 1.807) is 19.5 Å². The lowest BCUT2D eigenvalue weighted by molar-refractivity contribution is -0.127. The summed E-state index contributed by atoms with van der Waals surface area (Å²) in [6.07, 6.45) is 9.69. The van der Waals surface area contributed by atoms with Crippen LogP contribution in [-0.2, 0) is 4.79 Å². The first kappa shape index (κ1) is 14.4. The highest BCUT2D eigenvalue weighted by Crippen LogP contribution is 2.03. The van der Waals surface area contributed by atoms with Crippen molar-refractivity contribution in [3.8, 4) is 0 Å². The van der Waals surface area contributed by atoms with E-state index in [-0.39, 0.29) is 11.9 Å². The fourth-order valence-corrected chi connectivity index (χ4v) is 1.08. The molecule has 4 heteroatoms. The van der Waals surface area contributed by atoms with Crippen LogP contribution in [-0.4, -0.2) is 30.1 Å². The van der Waals surface area contributed by atoms with Gasteiger partial charge in [-0.05, 0) is 26.3 Å². The molecule has 0 saturated carbocycles. The first-order valence-corrected chi connectivity index (χ1v) is 5.40. The monoisotopic (exact) mass is 223 g/mol. The number of carbonyl (C=O) groups is 1. The van der Waals surface area contributed by atoms with Crippen molar-refractivity contribution in [3.63, 3.8) is 0 Å². The van der Waals surface area contributed by atoms with E-state index in [0.717, 1.165) is 6.42 Å². The summed E-state index contributed by atoms with van der Waals surface area (Å²) >= 11 is 0. The van der Waals surface area contributed by atoms with E-state index in [2.05, 4.69) is 4.99 Å². The number of carbonyl (C=O) groups excluding carboxylic acids is 1. The molecule has 0 aliphatic carbocycles. The Balaban J connectivity index is 3.91. The van der Waals surface area contributed by atoms with E-state index >= 15 is 0 Å². The van der Waals surface area contributed by atoms with Gasteiger partial charge in [0.1, 0.15) is 0 Å². The highest BCUT2D eigenvalue weighted by atomic mass is 16.2. The van der Waals surface area contributed by atoms with E-state index in [1.807, 2.05) is 26.0 Å². The summed E-state index contributed by atoms with van der Waals surface area (Å²) in [5.74, 6) is 0.0507. The number of nitrogens with zero attached hydrogens (tertiary/aromatic N) is 2. The van der Waals surface area contributed by atoms with Crippen molar-refractivity contribution in [2.45, 2.75) is 32.7 Å². The van der Waals surface area contributed by atoms with Crippen molar-refractivity contribution in [3.05, 3.63) is 24.6 Å². The van der Waals surface area contributed by atoms with E-state index in [9.17, 15) is 4.79 Å². The summed E-state index contributed by atoms with van der Waals surface area (Å²) in [5, 5.41) is 0. The molecule has 0 aliphatic heterocycles. The topological polar surface area (TPSA) is 58.7 Å². The van der Waals surface area contributed by atoms with E-state index in [4.69, 9.17) is 5.73 Å². The lowest BCUT2D eigenvalue weighted by Gasteiger charge is -2.12. The zero-order chi connectivity index (χ0) is 12.4. The van der Waals surface area contributed by atoms with Gasteiger partial charge in [0.25, 0.3) is 0 Å². The third-order valence-corrected chi connectivity index (χ3v) is 2.10. The number of amides is 1. The molecule has 90 valence electrons. The highest BCUT2D eigenvalue weighted by molar-refractivity contribution is 5.77. The molecule has 1 unspecified atom stereocenters. The lowest BCUT2D eigenvalue weighted by atomic mass is 10.2. The molecule has 16 heavy (non-hydrogen) atoms. The SMILES string of the molecule is C/C=C\C=N/C(C)CCC(=O)N(C)/C=C\N. The molecule has 0 fully saturated rings. The Morgan fingerprint density at radius 2 is 2.25 bits per heavy atom. The summed E-state index contributed by atoms with van der Waals surface area (Å²) in [4.78, 5) is 17.3. The van der Waals surface area contributed by atoms with Crippen molar-refractivity contribution >= 4 is 12.1 Å². The van der Waals surface area contributed by atoms with Gasteiger partial charge in [0.15, 0.2) is 0 Å². The van der Waals surface area contributed by atoms with Gasteiger partial charge in [-0.3, -0.25) is 9.79 Å². The van der Waals surface area contributed by atoms with Crippen LogP contribution in [0.25, 0.3) is 0 Å². The second-order valence-corrected chi connectivity index (χ2v) is 3.56. The van der Waals surface area contributed by atoms with Gasteiger partial charge in [0.2, 0.25) is 5.91 Å². The minimum Gasteiger partial charge on any atom is -0.403 e. The largest absolute Gasteiger partial charge is 0.403 e. The summed E-state index contributed by atoms with van der Waals surface area (Å²) < 4.78 is 0. The Kier molecular flexibility index (Phi) is 7.85. The molecule has 1 atom stereocenters. The van der Waals surface area contributed by atoms with Crippen molar-refractivity contribution in [1.82, 2.24) is 4.90 Å². The number of rotatable bonds is 6. The van der Waals surface area contributed by atoms with Crippen molar-refractivity contribution in [2.75, 3.05) is 7.05 Å². The van der Waals surface area contributed by atoms with Crippen LogP contribution in [0.4, 0.5) is 0 Å². The Labute approximate surface area is 97.5 Å². The molecule has 0 aromatic rings. The van der Waals surface area contributed by atoms with Gasteiger partial charge in [-0.2, -0.15) is 0 Å². The number of hydrogen-bond acceptors (Lipinski definition) is 3. The predicted octanol–water partition coefficient (Wildman–Crippen LogP) is 1.69. The van der Waals surface area contributed by atoms with Gasteiger partial charge in [0, 0.05) is 38.1 Å². The van der Waals surface area contributed by atoms with Crippen LogP contribution in [0.5, 0.6) is 0 Å². The van der Waals surface area contributed by atoms with E-state index < -0.39 is 0 Å². The predicted molar refractivity (Wildman–Crippen MR) is 68.1 cm³/mol. The highest BCUT2D eigenvalue weighted by Gasteiger charge is 2.07. The quantitative estimate of drug-likeness (QED) is 0.697. The smallest absolute Gasteiger partial charge is 0.226 e. The summed E-state index contributed by atoms with van der Waals surface area (Å²) in [7, 11) is 1.69. The molecule has 0 heterocycles. The Bertz CT molecular complexity index is 282. The standard InChI is InChI=1S/C12H21N3O/c1-4-5-9-14-11(2)6-7-12(16)15(3)10-8-13/h4-5,8-11H,6-7,13H2,1-3H3/b5-4-,10-8-,14-9-. The molecular weight excluding hydrogens is 202 g/mol. The fourth-order valence-electron chi connectivity index (χ4n) is 1.08. The van der Waals surface area contributed by atoms with Crippen LogP contribution in [0.3, 0.4) is 0 Å². The fraction of sp³-hybridized carbons (Fsp3) is 0.500. The van der Waals surface area contributed by atoms with Gasteiger partial charge in [0.05, 0.1) is 0 Å². The molecule has 0 aromatic heterocycles. The van der Waals surface area contributed by atoms with Crippen LogP contribution in [0.15, 0.2) is 29.5 Å². The van der Waals surface area contributed by atoms with E-state index in [1.165, 1.54) is 11.1 Å². The Morgan fingerprint density at radius 3 is 2.81 bits per heavy atom. The molecule has 4 nitrogen and oxygen atoms in total. The minimum atomic E-state index is 0.0507. The summed E-state index contributed by atoms with van der Waals surface area (Å²) in [5.41, 5.74) is 5.20. The van der Waals surface area contributed by atoms with Crippen LogP contribution >= 0.6 is 0 Å². The molecule has 1 amide bonds. The van der Waals surface area contributed by atoms with Crippen molar-refractivity contribution in [1.29, 1.82) is 0 Å². The number of nitrogens with two attached hydrogens (primary N) is 1. The average Bonchev–Trinajstić information content (AvgIpc) is 2.26. The third-order valence-electron chi connectivity index (χ3n) is 2.10. The molecule has 0 aromatic carbocycles. The number of hydrogen-bond donors (Lipinski definition) is 1. The van der Waals surface area contributed by atoms with Crippen molar-refractivity contribution < 1.29 is 4.79 Å². The van der Waals surface area contributed by atoms with Gasteiger partial charge < -0.3 is 10.6 Å². The molecule has 0 rings (SSSR count). The zero-order valence-corrected chi connectivity index (χ0v) is 10.3. The van der Waals surface area contributed by atoms with Crippen LogP contribution in [0, 0.1) is 0 Å². The first-order chi connectivity index (χ1) is 7.61. The first-order valence-electron chi connectivity index (χ1n) is 5.40. The maximum Gasteiger partial charge on any atom is 0.226 e. The normalized spacial score (nSPS) is 13.9. The molecule has 0 radical (unpaired) electrons. The molecule has 0 spiro atoms. The van der Waals surface area contributed by atoms with Gasteiger partial charge in [-0.15, -0.1) is 0 Å². The van der Waals surface area contributed by atoms with E-state index in [0.29, 0.717) is 6.42 Å². The zero-order valence-electron chi connectivity index (χ0n) is 10.3. The maximum atomic E-state index is 11.5. The summed E-state index contributed by atoms with van der Waals surface area (Å²) in [6.45, 7) is 3.93. The second kappa shape index (κ2) is 8.71. The molecule has 0 aliphatic rings. The number of aliphatic imine (C=N–C) groups is 1. The molecular formula is C12H21N3O. The Morgan fingerprint density at radius 1 is 1.56 bits per heavy atom. The molecule has 0 bridgehead atoms. The minimum absolute atomic E-state index is 0.0507. The summed E-state index contributed by atoms with van der Waals surface area (Å²) in [6, 6.07) is 0.162. The van der Waals surface area contributed by atoms with Gasteiger partial charge in [-0.1, -0.05) is 6.08 Å². The second-order valence-electron chi connectivity index (χ2n) is 3.56. The molecule has 0 saturated heterocycles. The van der Waals surface area contributed by atoms with Gasteiger partial charge >= 0.3 is 0 Å². The average molecular weight is 223 g/mol. The molecule has 2 N–H and O–H groups in total.